The molecule has 1 heterocycles. The molecule has 3 rings (SSSR count). The van der Waals surface area contributed by atoms with Gasteiger partial charge in [0, 0.05) is 5.56 Å². The van der Waals surface area contributed by atoms with Gasteiger partial charge in [0.15, 0.2) is 0 Å². The predicted molar refractivity (Wildman–Crippen MR) is 89.1 cm³/mol. The van der Waals surface area contributed by atoms with Gasteiger partial charge in [0.05, 0.1) is 30.8 Å². The van der Waals surface area contributed by atoms with Crippen molar-refractivity contribution in [1.29, 1.82) is 5.26 Å². The van der Waals surface area contributed by atoms with Gasteiger partial charge in [-0.05, 0) is 36.4 Å². The third-order valence-electron chi connectivity index (χ3n) is 3.50. The Morgan fingerprint density at radius 3 is 2.70 bits per heavy atom. The number of imidazole rings is 1. The van der Waals surface area contributed by atoms with Crippen LogP contribution in [0.3, 0.4) is 0 Å². The summed E-state index contributed by atoms with van der Waals surface area (Å²) in [7, 11) is 3.19. The highest BCUT2D eigenvalue weighted by atomic mass is 16.5. The molecule has 1 N–H and O–H groups in total. The Hall–Kier alpha value is -3.26. The second kappa shape index (κ2) is 6.24. The molecular formula is C18H15N3O2. The lowest BCUT2D eigenvalue weighted by atomic mass is 10.1. The molecule has 1 aromatic heterocycles. The van der Waals surface area contributed by atoms with Crippen LogP contribution in [0.1, 0.15) is 11.4 Å². The maximum Gasteiger partial charge on any atom is 0.149 e. The maximum absolute atomic E-state index is 9.51. The van der Waals surface area contributed by atoms with Crippen LogP contribution in [-0.2, 0) is 0 Å². The maximum atomic E-state index is 9.51. The van der Waals surface area contributed by atoms with Crippen molar-refractivity contribution in [3.05, 3.63) is 53.9 Å². The van der Waals surface area contributed by atoms with E-state index in [-0.39, 0.29) is 0 Å². The summed E-state index contributed by atoms with van der Waals surface area (Å²) < 4.78 is 10.6. The van der Waals surface area contributed by atoms with Gasteiger partial charge in [-0.1, -0.05) is 12.1 Å². The number of ether oxygens (including phenoxy) is 2. The Bertz CT molecular complexity index is 886. The van der Waals surface area contributed by atoms with E-state index in [0.717, 1.165) is 16.6 Å². The van der Waals surface area contributed by atoms with Gasteiger partial charge in [-0.25, -0.2) is 4.98 Å². The van der Waals surface area contributed by atoms with Crippen molar-refractivity contribution in [3.8, 4) is 17.6 Å². The number of rotatable bonds is 4. The van der Waals surface area contributed by atoms with Gasteiger partial charge in [0.2, 0.25) is 0 Å². The molecule has 0 atom stereocenters. The number of hydrogen-bond acceptors (Lipinski definition) is 4. The highest BCUT2D eigenvalue weighted by molar-refractivity contribution is 5.91. The number of nitriles is 1. The molecule has 0 bridgehead atoms. The van der Waals surface area contributed by atoms with E-state index in [1.54, 1.807) is 26.4 Å². The number of hydrogen-bond donors (Lipinski definition) is 1. The zero-order valence-corrected chi connectivity index (χ0v) is 12.8. The minimum Gasteiger partial charge on any atom is -0.497 e. The summed E-state index contributed by atoms with van der Waals surface area (Å²) >= 11 is 0. The third kappa shape index (κ3) is 2.87. The number of methoxy groups -OCH3 is 2. The Morgan fingerprint density at radius 2 is 2.00 bits per heavy atom. The second-order valence-electron chi connectivity index (χ2n) is 4.88. The number of H-pyrrole nitrogens is 1. The van der Waals surface area contributed by atoms with Gasteiger partial charge in [0.25, 0.3) is 0 Å². The molecule has 0 aliphatic heterocycles. The fourth-order valence-corrected chi connectivity index (χ4v) is 2.34. The lowest BCUT2D eigenvalue weighted by Gasteiger charge is -2.07. The molecule has 0 unspecified atom stereocenters. The summed E-state index contributed by atoms with van der Waals surface area (Å²) in [6.45, 7) is 0. The third-order valence-corrected chi connectivity index (χ3v) is 3.50. The average Bonchev–Trinajstić information content (AvgIpc) is 3.03. The SMILES string of the molecule is COc1ccc(OC)c(/C=C(\C#N)c2nc3ccccc3[nH]2)c1. The molecule has 23 heavy (non-hydrogen) atoms. The van der Waals surface area contributed by atoms with Crippen LogP contribution in [0.2, 0.25) is 0 Å². The lowest BCUT2D eigenvalue weighted by Crippen LogP contribution is -1.91. The number of fused-ring (bicyclic) bond motifs is 1. The van der Waals surface area contributed by atoms with E-state index in [0.29, 0.717) is 22.9 Å². The summed E-state index contributed by atoms with van der Waals surface area (Å²) in [5, 5.41) is 9.51. The number of aromatic amines is 1. The topological polar surface area (TPSA) is 70.9 Å². The molecule has 0 aliphatic carbocycles. The smallest absolute Gasteiger partial charge is 0.149 e. The van der Waals surface area contributed by atoms with Crippen LogP contribution in [-0.4, -0.2) is 24.2 Å². The van der Waals surface area contributed by atoms with Crippen molar-refractivity contribution in [2.45, 2.75) is 0 Å². The summed E-state index contributed by atoms with van der Waals surface area (Å²) in [5.41, 5.74) is 2.89. The molecule has 114 valence electrons. The normalized spacial score (nSPS) is 11.3. The highest BCUT2D eigenvalue weighted by Crippen LogP contribution is 2.28. The van der Waals surface area contributed by atoms with Crippen LogP contribution in [0.15, 0.2) is 42.5 Å². The molecule has 0 saturated heterocycles. The quantitative estimate of drug-likeness (QED) is 0.747. The van der Waals surface area contributed by atoms with E-state index in [1.807, 2.05) is 36.4 Å². The largest absolute Gasteiger partial charge is 0.497 e. The van der Waals surface area contributed by atoms with E-state index in [9.17, 15) is 5.26 Å². The molecular weight excluding hydrogens is 290 g/mol. The van der Waals surface area contributed by atoms with Crippen LogP contribution in [0.5, 0.6) is 11.5 Å². The minimum absolute atomic E-state index is 0.424. The Kier molecular flexibility index (Phi) is 3.98. The van der Waals surface area contributed by atoms with Crippen LogP contribution in [0.25, 0.3) is 22.7 Å². The molecule has 3 aromatic rings. The summed E-state index contributed by atoms with van der Waals surface area (Å²) in [6, 6.07) is 15.3. The van der Waals surface area contributed by atoms with Crippen LogP contribution in [0, 0.1) is 11.3 Å². The van der Waals surface area contributed by atoms with Crippen molar-refractivity contribution in [2.24, 2.45) is 0 Å². The van der Waals surface area contributed by atoms with Crippen LogP contribution < -0.4 is 9.47 Å². The van der Waals surface area contributed by atoms with Gasteiger partial charge in [-0.15, -0.1) is 0 Å². The van der Waals surface area contributed by atoms with E-state index in [1.165, 1.54) is 0 Å². The Morgan fingerprint density at radius 1 is 1.17 bits per heavy atom. The van der Waals surface area contributed by atoms with Crippen molar-refractivity contribution < 1.29 is 9.47 Å². The molecule has 0 aliphatic rings. The van der Waals surface area contributed by atoms with Crippen molar-refractivity contribution >= 4 is 22.7 Å². The zero-order chi connectivity index (χ0) is 16.2. The fraction of sp³-hybridized carbons (Fsp3) is 0.111. The van der Waals surface area contributed by atoms with E-state index in [2.05, 4.69) is 16.0 Å². The van der Waals surface area contributed by atoms with Gasteiger partial charge in [-0.3, -0.25) is 0 Å². The average molecular weight is 305 g/mol. The molecule has 5 heteroatoms. The molecule has 0 amide bonds. The zero-order valence-electron chi connectivity index (χ0n) is 12.8. The molecule has 5 nitrogen and oxygen atoms in total. The van der Waals surface area contributed by atoms with Crippen molar-refractivity contribution in [3.63, 3.8) is 0 Å². The molecule has 0 radical (unpaired) electrons. The Labute approximate surface area is 133 Å². The van der Waals surface area contributed by atoms with Crippen molar-refractivity contribution in [1.82, 2.24) is 9.97 Å². The molecule has 0 spiro atoms. The molecule has 2 aromatic carbocycles. The predicted octanol–water partition coefficient (Wildman–Crippen LogP) is 3.64. The number of para-hydroxylation sites is 2. The number of aromatic nitrogens is 2. The number of nitrogens with one attached hydrogen (secondary N) is 1. The van der Waals surface area contributed by atoms with Crippen molar-refractivity contribution in [2.75, 3.05) is 14.2 Å². The van der Waals surface area contributed by atoms with E-state index >= 15 is 0 Å². The first kappa shape index (κ1) is 14.7. The Balaban J connectivity index is 2.10. The monoisotopic (exact) mass is 305 g/mol. The van der Waals surface area contributed by atoms with Crippen LogP contribution >= 0.6 is 0 Å². The highest BCUT2D eigenvalue weighted by Gasteiger charge is 2.10. The van der Waals surface area contributed by atoms with E-state index in [4.69, 9.17) is 9.47 Å². The second-order valence-corrected chi connectivity index (χ2v) is 4.88. The summed E-state index contributed by atoms with van der Waals surface area (Å²) in [6.07, 6.45) is 1.74. The van der Waals surface area contributed by atoms with Gasteiger partial charge in [0.1, 0.15) is 23.4 Å². The number of nitrogens with zero attached hydrogens (tertiary/aromatic N) is 2. The minimum atomic E-state index is 0.424. The first-order chi connectivity index (χ1) is 11.2. The van der Waals surface area contributed by atoms with Crippen LogP contribution in [0.4, 0.5) is 0 Å². The number of benzene rings is 2. The molecule has 0 fully saturated rings. The summed E-state index contributed by atoms with van der Waals surface area (Å²) in [4.78, 5) is 7.62. The first-order valence-electron chi connectivity index (χ1n) is 7.04. The summed E-state index contributed by atoms with van der Waals surface area (Å²) in [5.74, 6) is 1.88. The lowest BCUT2D eigenvalue weighted by molar-refractivity contribution is 0.402. The number of allylic oxidation sites excluding steroid dienone is 1. The van der Waals surface area contributed by atoms with Gasteiger partial charge < -0.3 is 14.5 Å². The van der Waals surface area contributed by atoms with Gasteiger partial charge >= 0.3 is 0 Å². The van der Waals surface area contributed by atoms with E-state index < -0.39 is 0 Å². The molecule has 0 saturated carbocycles. The first-order valence-corrected chi connectivity index (χ1v) is 7.04. The fourth-order valence-electron chi connectivity index (χ4n) is 2.34. The van der Waals surface area contributed by atoms with Gasteiger partial charge in [-0.2, -0.15) is 5.26 Å². The standard InChI is InChI=1S/C18H15N3O2/c1-22-14-7-8-17(23-2)12(10-14)9-13(11-19)18-20-15-5-3-4-6-16(15)21-18/h3-10H,1-2H3,(H,20,21)/b13-9+.